The topological polar surface area (TPSA) is 83.4 Å². The van der Waals surface area contributed by atoms with Gasteiger partial charge in [0.1, 0.15) is 0 Å². The van der Waals surface area contributed by atoms with E-state index in [1.165, 1.54) is 6.92 Å². The highest BCUT2D eigenvalue weighted by Gasteiger charge is 2.42. The van der Waals surface area contributed by atoms with E-state index in [-0.39, 0.29) is 10.6 Å². The summed E-state index contributed by atoms with van der Waals surface area (Å²) in [6.45, 7) is 1.38. The van der Waals surface area contributed by atoms with Crippen LogP contribution in [-0.4, -0.2) is 40.2 Å². The van der Waals surface area contributed by atoms with Gasteiger partial charge in [0, 0.05) is 12.7 Å². The van der Waals surface area contributed by atoms with Gasteiger partial charge in [-0.25, -0.2) is 14.8 Å². The van der Waals surface area contributed by atoms with E-state index in [4.69, 9.17) is 5.11 Å². The van der Waals surface area contributed by atoms with Crippen molar-refractivity contribution in [2.24, 2.45) is 0 Å². The van der Waals surface area contributed by atoms with Crippen molar-refractivity contribution in [3.63, 3.8) is 0 Å². The van der Waals surface area contributed by atoms with Crippen molar-refractivity contribution in [1.29, 1.82) is 0 Å². The van der Waals surface area contributed by atoms with Crippen LogP contribution in [0.5, 0.6) is 0 Å². The zero-order chi connectivity index (χ0) is 14.1. The average molecular weight is 263 g/mol. The Morgan fingerprint density at radius 1 is 1.33 bits per heavy atom. The van der Waals surface area contributed by atoms with E-state index >= 15 is 0 Å². The van der Waals surface area contributed by atoms with E-state index in [9.17, 15) is 22.8 Å². The van der Waals surface area contributed by atoms with Gasteiger partial charge in [-0.15, -0.1) is 0 Å². The number of hydrogen-bond acceptors (Lipinski definition) is 4. The average Bonchev–Trinajstić information content (AvgIpc) is 2.24. The molecule has 0 atom stereocenters. The van der Waals surface area contributed by atoms with E-state index in [1.54, 1.807) is 0 Å². The van der Waals surface area contributed by atoms with Gasteiger partial charge in [-0.3, -0.25) is 9.69 Å². The van der Waals surface area contributed by atoms with Gasteiger partial charge in [-0.2, -0.15) is 13.2 Å². The zero-order valence-electron chi connectivity index (χ0n) is 9.32. The maximum Gasteiger partial charge on any atom is 0.471 e. The number of amides is 1. The predicted octanol–water partition coefficient (Wildman–Crippen LogP) is 1.01. The van der Waals surface area contributed by atoms with Gasteiger partial charge in [0.15, 0.2) is 5.69 Å². The Morgan fingerprint density at radius 3 is 2.33 bits per heavy atom. The Hall–Kier alpha value is -2.19. The summed E-state index contributed by atoms with van der Waals surface area (Å²) in [4.78, 5) is 28.7. The van der Waals surface area contributed by atoms with Gasteiger partial charge < -0.3 is 5.11 Å². The van der Waals surface area contributed by atoms with Crippen molar-refractivity contribution >= 4 is 17.8 Å². The molecule has 0 spiro atoms. The molecule has 6 nitrogen and oxygen atoms in total. The maximum atomic E-state index is 12.2. The lowest BCUT2D eigenvalue weighted by atomic mass is 10.3. The molecule has 1 heterocycles. The molecular formula is C9H8F3N3O3. The van der Waals surface area contributed by atoms with Crippen molar-refractivity contribution in [2.75, 3.05) is 11.9 Å². The highest BCUT2D eigenvalue weighted by Crippen LogP contribution is 2.20. The number of carboxylic acid groups (broad SMARTS) is 1. The molecule has 0 saturated carbocycles. The number of aryl methyl sites for hydroxylation is 1. The third-order valence-electron chi connectivity index (χ3n) is 1.91. The van der Waals surface area contributed by atoms with E-state index in [0.29, 0.717) is 0 Å². The minimum atomic E-state index is -5.08. The maximum absolute atomic E-state index is 12.2. The van der Waals surface area contributed by atoms with Crippen LogP contribution in [0.2, 0.25) is 0 Å². The monoisotopic (exact) mass is 263 g/mol. The molecule has 0 unspecified atom stereocenters. The molecule has 1 aromatic rings. The Morgan fingerprint density at radius 2 is 1.89 bits per heavy atom. The molecule has 0 aliphatic heterocycles. The predicted molar refractivity (Wildman–Crippen MR) is 53.2 cm³/mol. The van der Waals surface area contributed by atoms with Crippen LogP contribution in [0, 0.1) is 6.92 Å². The van der Waals surface area contributed by atoms with Crippen molar-refractivity contribution < 1.29 is 27.9 Å². The van der Waals surface area contributed by atoms with E-state index in [0.717, 1.165) is 13.1 Å². The third-order valence-corrected chi connectivity index (χ3v) is 1.91. The van der Waals surface area contributed by atoms with Crippen molar-refractivity contribution in [3.05, 3.63) is 17.5 Å². The SMILES string of the molecule is Cc1cc(C(=O)O)nc(N(C)C(=O)C(F)(F)F)n1. The molecule has 0 radical (unpaired) electrons. The van der Waals surface area contributed by atoms with Crippen LogP contribution < -0.4 is 4.90 Å². The van der Waals surface area contributed by atoms with Crippen LogP contribution in [0.4, 0.5) is 19.1 Å². The summed E-state index contributed by atoms with van der Waals surface area (Å²) in [5.74, 6) is -4.21. The number of carboxylic acids is 1. The molecule has 1 aromatic heterocycles. The summed E-state index contributed by atoms with van der Waals surface area (Å²) in [5.41, 5.74) is -0.349. The second-order valence-electron chi connectivity index (χ2n) is 3.36. The second kappa shape index (κ2) is 4.59. The van der Waals surface area contributed by atoms with E-state index in [2.05, 4.69) is 9.97 Å². The number of carbonyl (C=O) groups is 2. The number of halogens is 3. The number of carbonyl (C=O) groups excluding carboxylic acids is 1. The van der Waals surface area contributed by atoms with Crippen molar-refractivity contribution in [1.82, 2.24) is 9.97 Å². The summed E-state index contributed by atoms with van der Waals surface area (Å²) in [7, 11) is 0.816. The molecule has 0 aromatic carbocycles. The van der Waals surface area contributed by atoms with Gasteiger partial charge >= 0.3 is 18.1 Å². The largest absolute Gasteiger partial charge is 0.477 e. The number of rotatable bonds is 2. The smallest absolute Gasteiger partial charge is 0.471 e. The van der Waals surface area contributed by atoms with Gasteiger partial charge in [0.25, 0.3) is 0 Å². The van der Waals surface area contributed by atoms with Gasteiger partial charge in [-0.05, 0) is 13.0 Å². The molecule has 0 aliphatic carbocycles. The molecule has 1 amide bonds. The molecule has 98 valence electrons. The fraction of sp³-hybridized carbons (Fsp3) is 0.333. The summed E-state index contributed by atoms with van der Waals surface area (Å²) in [6, 6.07) is 1.08. The number of hydrogen-bond donors (Lipinski definition) is 1. The Labute approximate surface area is 99.1 Å². The van der Waals surface area contributed by atoms with Gasteiger partial charge in [-0.1, -0.05) is 0 Å². The minimum Gasteiger partial charge on any atom is -0.477 e. The number of alkyl halides is 3. The second-order valence-corrected chi connectivity index (χ2v) is 3.36. The Kier molecular flexibility index (Phi) is 3.54. The van der Waals surface area contributed by atoms with Crippen LogP contribution in [0.3, 0.4) is 0 Å². The van der Waals surface area contributed by atoms with E-state index in [1.807, 2.05) is 0 Å². The zero-order valence-corrected chi connectivity index (χ0v) is 9.32. The first-order valence-corrected chi connectivity index (χ1v) is 4.57. The van der Waals surface area contributed by atoms with Crippen LogP contribution in [-0.2, 0) is 4.79 Å². The lowest BCUT2D eigenvalue weighted by Crippen LogP contribution is -2.39. The number of anilines is 1. The summed E-state index contributed by atoms with van der Waals surface area (Å²) < 4.78 is 36.5. The fourth-order valence-electron chi connectivity index (χ4n) is 1.09. The number of aromatic carboxylic acids is 1. The summed E-state index contributed by atoms with van der Waals surface area (Å²) in [6.07, 6.45) is -5.08. The van der Waals surface area contributed by atoms with Gasteiger partial charge in [0.2, 0.25) is 5.95 Å². The first-order chi connectivity index (χ1) is 8.12. The molecule has 0 aliphatic rings. The third kappa shape index (κ3) is 2.93. The van der Waals surface area contributed by atoms with Crippen LogP contribution in [0.25, 0.3) is 0 Å². The van der Waals surface area contributed by atoms with Crippen molar-refractivity contribution in [2.45, 2.75) is 13.1 Å². The molecule has 18 heavy (non-hydrogen) atoms. The highest BCUT2D eigenvalue weighted by molar-refractivity contribution is 5.95. The molecular weight excluding hydrogens is 255 g/mol. The standard InChI is InChI=1S/C9H8F3N3O3/c1-4-3-5(6(16)17)14-8(13-4)15(2)7(18)9(10,11)12/h3H,1-2H3,(H,16,17). The molecule has 0 saturated heterocycles. The highest BCUT2D eigenvalue weighted by atomic mass is 19.4. The molecule has 1 rings (SSSR count). The molecule has 1 N–H and O–H groups in total. The van der Waals surface area contributed by atoms with Crippen molar-refractivity contribution in [3.8, 4) is 0 Å². The Balaban J connectivity index is 3.18. The quantitative estimate of drug-likeness (QED) is 0.860. The Bertz CT molecular complexity index is 502. The molecule has 9 heteroatoms. The molecule has 0 bridgehead atoms. The first kappa shape index (κ1) is 13.9. The normalized spacial score (nSPS) is 11.2. The lowest BCUT2D eigenvalue weighted by molar-refractivity contribution is -0.170. The number of aromatic nitrogens is 2. The van der Waals surface area contributed by atoms with Gasteiger partial charge in [0.05, 0.1) is 0 Å². The van der Waals surface area contributed by atoms with Crippen LogP contribution in [0.15, 0.2) is 6.07 Å². The summed E-state index contributed by atoms with van der Waals surface area (Å²) >= 11 is 0. The van der Waals surface area contributed by atoms with Crippen LogP contribution in [0.1, 0.15) is 16.2 Å². The lowest BCUT2D eigenvalue weighted by Gasteiger charge is -2.17. The minimum absolute atomic E-state index is 0.138. The van der Waals surface area contributed by atoms with Crippen LogP contribution >= 0.6 is 0 Å². The first-order valence-electron chi connectivity index (χ1n) is 4.57. The summed E-state index contributed by atoms with van der Waals surface area (Å²) in [5, 5.41) is 8.70. The number of nitrogens with zero attached hydrogens (tertiary/aromatic N) is 3. The fourth-order valence-corrected chi connectivity index (χ4v) is 1.09. The molecule has 0 fully saturated rings. The van der Waals surface area contributed by atoms with E-state index < -0.39 is 29.7 Å².